The van der Waals surface area contributed by atoms with E-state index >= 15 is 0 Å². The van der Waals surface area contributed by atoms with E-state index in [1.54, 1.807) is 0 Å². The van der Waals surface area contributed by atoms with Crippen LogP contribution in [-0.2, 0) is 4.79 Å². The molecule has 0 aromatic heterocycles. The SMILES string of the molecule is O=C(CCC1CCCCC1)Nc1ccccc1C(=O)N1CCN(c2ccccc2)CC1. The van der Waals surface area contributed by atoms with E-state index in [9.17, 15) is 9.59 Å². The minimum absolute atomic E-state index is 0.00380. The van der Waals surface area contributed by atoms with Crippen LogP contribution in [0, 0.1) is 5.92 Å². The van der Waals surface area contributed by atoms with Crippen LogP contribution >= 0.6 is 0 Å². The van der Waals surface area contributed by atoms with Crippen LogP contribution in [0.2, 0.25) is 0 Å². The highest BCUT2D eigenvalue weighted by Crippen LogP contribution is 2.27. The lowest BCUT2D eigenvalue weighted by atomic mass is 9.86. The summed E-state index contributed by atoms with van der Waals surface area (Å²) in [6.45, 7) is 2.98. The van der Waals surface area contributed by atoms with Gasteiger partial charge in [0.05, 0.1) is 11.3 Å². The number of nitrogens with one attached hydrogen (secondary N) is 1. The molecular formula is C26H33N3O2. The highest BCUT2D eigenvalue weighted by Gasteiger charge is 2.24. The van der Waals surface area contributed by atoms with Gasteiger partial charge < -0.3 is 15.1 Å². The quantitative estimate of drug-likeness (QED) is 0.721. The summed E-state index contributed by atoms with van der Waals surface area (Å²) in [5.41, 5.74) is 2.41. The fourth-order valence-electron chi connectivity index (χ4n) is 4.78. The Morgan fingerprint density at radius 2 is 1.52 bits per heavy atom. The van der Waals surface area contributed by atoms with E-state index in [4.69, 9.17) is 0 Å². The van der Waals surface area contributed by atoms with Crippen LogP contribution in [0.3, 0.4) is 0 Å². The second kappa shape index (κ2) is 10.5. The largest absolute Gasteiger partial charge is 0.368 e. The van der Waals surface area contributed by atoms with Gasteiger partial charge in [0.2, 0.25) is 5.91 Å². The van der Waals surface area contributed by atoms with Crippen molar-refractivity contribution >= 4 is 23.2 Å². The molecule has 2 amide bonds. The first-order chi connectivity index (χ1) is 15.2. The molecule has 0 radical (unpaired) electrons. The molecule has 1 aliphatic heterocycles. The molecular weight excluding hydrogens is 386 g/mol. The Morgan fingerprint density at radius 1 is 0.839 bits per heavy atom. The maximum Gasteiger partial charge on any atom is 0.256 e. The first kappa shape index (κ1) is 21.4. The molecule has 5 nitrogen and oxygen atoms in total. The fraction of sp³-hybridized carbons (Fsp3) is 0.462. The summed E-state index contributed by atoms with van der Waals surface area (Å²) in [6.07, 6.45) is 7.89. The van der Waals surface area contributed by atoms with E-state index in [0.717, 1.165) is 19.5 Å². The van der Waals surface area contributed by atoms with Gasteiger partial charge >= 0.3 is 0 Å². The molecule has 5 heteroatoms. The Kier molecular flexibility index (Phi) is 7.23. The zero-order chi connectivity index (χ0) is 21.5. The molecule has 1 saturated carbocycles. The van der Waals surface area contributed by atoms with Crippen LogP contribution in [0.4, 0.5) is 11.4 Å². The van der Waals surface area contributed by atoms with E-state index < -0.39 is 0 Å². The zero-order valence-corrected chi connectivity index (χ0v) is 18.3. The van der Waals surface area contributed by atoms with Gasteiger partial charge in [0.1, 0.15) is 0 Å². The summed E-state index contributed by atoms with van der Waals surface area (Å²) < 4.78 is 0. The van der Waals surface area contributed by atoms with Crippen molar-refractivity contribution in [3.63, 3.8) is 0 Å². The van der Waals surface area contributed by atoms with Gasteiger partial charge in [-0.3, -0.25) is 9.59 Å². The first-order valence-corrected chi connectivity index (χ1v) is 11.7. The number of carbonyl (C=O) groups excluding carboxylic acids is 2. The second-order valence-corrected chi connectivity index (χ2v) is 8.75. The molecule has 0 bridgehead atoms. The average molecular weight is 420 g/mol. The van der Waals surface area contributed by atoms with Gasteiger partial charge in [-0.25, -0.2) is 0 Å². The predicted octanol–water partition coefficient (Wildman–Crippen LogP) is 4.95. The van der Waals surface area contributed by atoms with Gasteiger partial charge in [-0.15, -0.1) is 0 Å². The van der Waals surface area contributed by atoms with Crippen LogP contribution in [0.25, 0.3) is 0 Å². The molecule has 1 heterocycles. The molecule has 0 unspecified atom stereocenters. The normalized spacial score (nSPS) is 17.4. The minimum atomic E-state index is -0.00380. The Hall–Kier alpha value is -2.82. The zero-order valence-electron chi connectivity index (χ0n) is 18.3. The molecule has 0 atom stereocenters. The van der Waals surface area contributed by atoms with Crippen molar-refractivity contribution in [3.05, 3.63) is 60.2 Å². The lowest BCUT2D eigenvalue weighted by Crippen LogP contribution is -2.48. The van der Waals surface area contributed by atoms with Crippen LogP contribution in [0.1, 0.15) is 55.3 Å². The maximum absolute atomic E-state index is 13.2. The van der Waals surface area contributed by atoms with E-state index in [1.165, 1.54) is 37.8 Å². The number of piperazine rings is 1. The van der Waals surface area contributed by atoms with Gasteiger partial charge in [-0.1, -0.05) is 62.4 Å². The van der Waals surface area contributed by atoms with Gasteiger partial charge in [-0.05, 0) is 36.6 Å². The van der Waals surface area contributed by atoms with Crippen LogP contribution in [-0.4, -0.2) is 42.9 Å². The molecule has 2 fully saturated rings. The molecule has 1 aliphatic carbocycles. The third-order valence-electron chi connectivity index (χ3n) is 6.62. The van der Waals surface area contributed by atoms with Crippen molar-refractivity contribution in [2.24, 2.45) is 5.92 Å². The summed E-state index contributed by atoms with van der Waals surface area (Å²) in [6, 6.07) is 17.7. The number of hydrogen-bond acceptors (Lipinski definition) is 3. The Bertz CT molecular complexity index is 869. The highest BCUT2D eigenvalue weighted by atomic mass is 16.2. The van der Waals surface area contributed by atoms with Crippen LogP contribution in [0.15, 0.2) is 54.6 Å². The van der Waals surface area contributed by atoms with Crippen molar-refractivity contribution in [3.8, 4) is 0 Å². The van der Waals surface area contributed by atoms with E-state index in [2.05, 4.69) is 22.3 Å². The number of nitrogens with zero attached hydrogens (tertiary/aromatic N) is 2. The molecule has 0 spiro atoms. The second-order valence-electron chi connectivity index (χ2n) is 8.75. The van der Waals surface area contributed by atoms with Crippen molar-refractivity contribution in [2.45, 2.75) is 44.9 Å². The van der Waals surface area contributed by atoms with Gasteiger partial charge in [-0.2, -0.15) is 0 Å². The average Bonchev–Trinajstić information content (AvgIpc) is 2.84. The molecule has 1 N–H and O–H groups in total. The Labute approximate surface area is 185 Å². The molecule has 2 aromatic rings. The predicted molar refractivity (Wildman–Crippen MR) is 125 cm³/mol. The number of anilines is 2. The summed E-state index contributed by atoms with van der Waals surface area (Å²) in [5.74, 6) is 0.688. The Morgan fingerprint density at radius 3 is 2.26 bits per heavy atom. The molecule has 31 heavy (non-hydrogen) atoms. The van der Waals surface area contributed by atoms with Crippen LogP contribution < -0.4 is 10.2 Å². The monoisotopic (exact) mass is 419 g/mol. The van der Waals surface area contributed by atoms with Gasteiger partial charge in [0.25, 0.3) is 5.91 Å². The molecule has 164 valence electrons. The van der Waals surface area contributed by atoms with E-state index in [-0.39, 0.29) is 11.8 Å². The van der Waals surface area contributed by atoms with Crippen molar-refractivity contribution < 1.29 is 9.59 Å². The standard InChI is InChI=1S/C26H33N3O2/c30-25(16-15-21-9-3-1-4-10-21)27-24-14-8-7-13-23(24)26(31)29-19-17-28(18-20-29)22-11-5-2-6-12-22/h2,5-8,11-14,21H,1,3-4,9-10,15-20H2,(H,27,30). The number of amides is 2. The molecule has 2 aromatic carbocycles. The highest BCUT2D eigenvalue weighted by molar-refractivity contribution is 6.03. The summed E-state index contributed by atoms with van der Waals surface area (Å²) in [7, 11) is 0. The lowest BCUT2D eigenvalue weighted by molar-refractivity contribution is -0.116. The summed E-state index contributed by atoms with van der Waals surface area (Å²) in [4.78, 5) is 30.0. The number of hydrogen-bond donors (Lipinski definition) is 1. The van der Waals surface area contributed by atoms with E-state index in [0.29, 0.717) is 36.7 Å². The number of rotatable bonds is 6. The minimum Gasteiger partial charge on any atom is -0.368 e. The van der Waals surface area contributed by atoms with Crippen LogP contribution in [0.5, 0.6) is 0 Å². The number of benzene rings is 2. The number of para-hydroxylation sites is 2. The lowest BCUT2D eigenvalue weighted by Gasteiger charge is -2.36. The summed E-state index contributed by atoms with van der Waals surface area (Å²) >= 11 is 0. The smallest absolute Gasteiger partial charge is 0.256 e. The van der Waals surface area contributed by atoms with Crippen molar-refractivity contribution in [1.29, 1.82) is 0 Å². The molecule has 2 aliphatic rings. The van der Waals surface area contributed by atoms with Crippen molar-refractivity contribution in [1.82, 2.24) is 4.90 Å². The van der Waals surface area contributed by atoms with Gasteiger partial charge in [0, 0.05) is 38.3 Å². The topological polar surface area (TPSA) is 52.7 Å². The fourth-order valence-corrected chi connectivity index (χ4v) is 4.78. The van der Waals surface area contributed by atoms with Crippen molar-refractivity contribution in [2.75, 3.05) is 36.4 Å². The number of carbonyl (C=O) groups is 2. The molecule has 1 saturated heterocycles. The summed E-state index contributed by atoms with van der Waals surface area (Å²) in [5, 5.41) is 3.01. The first-order valence-electron chi connectivity index (χ1n) is 11.7. The maximum atomic E-state index is 13.2. The van der Waals surface area contributed by atoms with E-state index in [1.807, 2.05) is 47.4 Å². The third kappa shape index (κ3) is 5.66. The van der Waals surface area contributed by atoms with Gasteiger partial charge in [0.15, 0.2) is 0 Å². The Balaban J connectivity index is 1.33. The molecule has 4 rings (SSSR count). The third-order valence-corrected chi connectivity index (χ3v) is 6.62.